The van der Waals surface area contributed by atoms with Gasteiger partial charge in [0.2, 0.25) is 11.3 Å². The lowest BCUT2D eigenvalue weighted by Gasteiger charge is -2.21. The molecule has 0 fully saturated rings. The molecule has 2 heterocycles. The van der Waals surface area contributed by atoms with E-state index in [0.29, 0.717) is 60.1 Å². The lowest BCUT2D eigenvalue weighted by atomic mass is 9.89. The van der Waals surface area contributed by atoms with Gasteiger partial charge in [-0.3, -0.25) is 9.59 Å². The molecule has 2 aliphatic rings. The van der Waals surface area contributed by atoms with Crippen LogP contribution in [0.1, 0.15) is 28.0 Å². The number of nitrogens with one attached hydrogen (secondary N) is 1. The first-order valence-corrected chi connectivity index (χ1v) is 8.11. The monoisotopic (exact) mass is 339 g/mol. The summed E-state index contributed by atoms with van der Waals surface area (Å²) in [6, 6.07) is 6.65. The molecule has 4 rings (SSSR count). The van der Waals surface area contributed by atoms with Crippen molar-refractivity contribution < 1.29 is 19.0 Å². The van der Waals surface area contributed by atoms with Gasteiger partial charge in [-0.15, -0.1) is 0 Å². The van der Waals surface area contributed by atoms with Crippen LogP contribution in [0.5, 0.6) is 17.2 Å². The Kier molecular flexibility index (Phi) is 3.80. The lowest BCUT2D eigenvalue weighted by Crippen LogP contribution is -2.20. The van der Waals surface area contributed by atoms with Crippen molar-refractivity contribution in [3.8, 4) is 17.2 Å². The molecule has 1 N–H and O–H groups in total. The molecule has 0 unspecified atom stereocenters. The van der Waals surface area contributed by atoms with Crippen LogP contribution in [-0.4, -0.2) is 31.1 Å². The van der Waals surface area contributed by atoms with Gasteiger partial charge in [-0.05, 0) is 42.7 Å². The predicted octanol–water partition coefficient (Wildman–Crippen LogP) is 2.37. The minimum absolute atomic E-state index is 0.0636. The van der Waals surface area contributed by atoms with Crippen LogP contribution >= 0.6 is 0 Å². The van der Waals surface area contributed by atoms with Crippen molar-refractivity contribution in [3.05, 3.63) is 57.0 Å². The molecule has 2 aromatic rings. The van der Waals surface area contributed by atoms with Gasteiger partial charge in [0.15, 0.2) is 17.3 Å². The number of carbonyl (C=O) groups excluding carboxylic acids is 1. The van der Waals surface area contributed by atoms with Gasteiger partial charge >= 0.3 is 0 Å². The van der Waals surface area contributed by atoms with Gasteiger partial charge in [-0.1, -0.05) is 0 Å². The Bertz CT molecular complexity index is 924. The maximum absolute atomic E-state index is 12.7. The fourth-order valence-electron chi connectivity index (χ4n) is 3.19. The molecule has 0 amide bonds. The third kappa shape index (κ3) is 2.80. The molecule has 0 spiro atoms. The van der Waals surface area contributed by atoms with Crippen LogP contribution in [0.3, 0.4) is 0 Å². The molecule has 1 aromatic carbocycles. The number of aromatic nitrogens is 1. The Morgan fingerprint density at radius 1 is 1.12 bits per heavy atom. The van der Waals surface area contributed by atoms with E-state index in [1.54, 1.807) is 13.2 Å². The smallest absolute Gasteiger partial charge is 0.248 e. The Balaban J connectivity index is 1.73. The fourth-order valence-corrected chi connectivity index (χ4v) is 3.19. The SMILES string of the molecule is COc1cc(C=C2CCc3[nH]c(=O)ccc3C2=O)cc2c1OCCO2. The number of aromatic amines is 1. The number of ketones is 1. The van der Waals surface area contributed by atoms with Gasteiger partial charge in [0.1, 0.15) is 13.2 Å². The molecule has 25 heavy (non-hydrogen) atoms. The second-order valence-corrected chi connectivity index (χ2v) is 5.96. The lowest BCUT2D eigenvalue weighted by molar-refractivity contribution is 0.102. The first-order valence-electron chi connectivity index (χ1n) is 8.11. The number of pyridine rings is 1. The van der Waals surface area contributed by atoms with Crippen LogP contribution < -0.4 is 19.8 Å². The Hall–Kier alpha value is -3.02. The van der Waals surface area contributed by atoms with Crippen molar-refractivity contribution in [2.24, 2.45) is 0 Å². The van der Waals surface area contributed by atoms with Crippen LogP contribution in [0.4, 0.5) is 0 Å². The first-order chi connectivity index (χ1) is 12.2. The standard InChI is InChI=1S/C19H17NO5/c1-23-15-9-11(10-16-19(15)25-7-6-24-16)8-12-2-4-14-13(18(12)22)3-5-17(21)20-14/h3,5,8-10H,2,4,6-7H2,1H3,(H,20,21). The van der Waals surface area contributed by atoms with Gasteiger partial charge in [0.25, 0.3) is 0 Å². The average Bonchev–Trinajstić information content (AvgIpc) is 2.63. The number of ether oxygens (including phenoxy) is 3. The van der Waals surface area contributed by atoms with Crippen molar-refractivity contribution in [2.45, 2.75) is 12.8 Å². The zero-order chi connectivity index (χ0) is 17.4. The van der Waals surface area contributed by atoms with Crippen molar-refractivity contribution in [3.63, 3.8) is 0 Å². The minimum Gasteiger partial charge on any atom is -0.493 e. The summed E-state index contributed by atoms with van der Waals surface area (Å²) in [6.45, 7) is 0.965. The third-order valence-corrected chi connectivity index (χ3v) is 4.37. The number of rotatable bonds is 2. The Labute approximate surface area is 144 Å². The zero-order valence-corrected chi connectivity index (χ0v) is 13.8. The highest BCUT2D eigenvalue weighted by atomic mass is 16.6. The average molecular weight is 339 g/mol. The highest BCUT2D eigenvalue weighted by Crippen LogP contribution is 2.41. The van der Waals surface area contributed by atoms with Crippen LogP contribution in [0.2, 0.25) is 0 Å². The van der Waals surface area contributed by atoms with E-state index in [2.05, 4.69) is 4.98 Å². The van der Waals surface area contributed by atoms with E-state index >= 15 is 0 Å². The van der Waals surface area contributed by atoms with Crippen molar-refractivity contribution in [1.82, 2.24) is 4.98 Å². The molecule has 0 bridgehead atoms. The Morgan fingerprint density at radius 2 is 1.96 bits per heavy atom. The maximum Gasteiger partial charge on any atom is 0.248 e. The van der Waals surface area contributed by atoms with Crippen molar-refractivity contribution >= 4 is 11.9 Å². The highest BCUT2D eigenvalue weighted by molar-refractivity contribution is 6.12. The van der Waals surface area contributed by atoms with Crippen molar-refractivity contribution in [1.29, 1.82) is 0 Å². The number of hydrogen-bond donors (Lipinski definition) is 1. The van der Waals surface area contributed by atoms with E-state index in [0.717, 1.165) is 5.56 Å². The van der Waals surface area contributed by atoms with Gasteiger partial charge in [0, 0.05) is 22.9 Å². The normalized spacial score (nSPS) is 17.3. The molecule has 0 atom stereocenters. The summed E-state index contributed by atoms with van der Waals surface area (Å²) in [6.07, 6.45) is 3.05. The summed E-state index contributed by atoms with van der Waals surface area (Å²) in [5, 5.41) is 0. The number of Topliss-reactive ketones (excluding diaryl/α,β-unsaturated/α-hetero) is 1. The molecule has 1 aliphatic heterocycles. The molecule has 0 saturated carbocycles. The van der Waals surface area contributed by atoms with Gasteiger partial charge < -0.3 is 19.2 Å². The van der Waals surface area contributed by atoms with Crippen LogP contribution in [0, 0.1) is 0 Å². The number of aryl methyl sites for hydroxylation is 1. The van der Waals surface area contributed by atoms with E-state index in [-0.39, 0.29) is 11.3 Å². The highest BCUT2D eigenvalue weighted by Gasteiger charge is 2.23. The van der Waals surface area contributed by atoms with E-state index in [4.69, 9.17) is 14.2 Å². The third-order valence-electron chi connectivity index (χ3n) is 4.37. The molecule has 6 heteroatoms. The summed E-state index contributed by atoms with van der Waals surface area (Å²) in [7, 11) is 1.57. The number of H-pyrrole nitrogens is 1. The number of fused-ring (bicyclic) bond motifs is 2. The summed E-state index contributed by atoms with van der Waals surface area (Å²) >= 11 is 0. The summed E-state index contributed by atoms with van der Waals surface area (Å²) in [5.41, 5.74) is 2.59. The number of benzene rings is 1. The minimum atomic E-state index is -0.185. The second kappa shape index (κ2) is 6.12. The van der Waals surface area contributed by atoms with E-state index < -0.39 is 0 Å². The van der Waals surface area contributed by atoms with Crippen LogP contribution in [0.25, 0.3) is 6.08 Å². The van der Waals surface area contributed by atoms with Gasteiger partial charge in [-0.25, -0.2) is 0 Å². The molecule has 0 radical (unpaired) electrons. The van der Waals surface area contributed by atoms with E-state index in [1.807, 2.05) is 18.2 Å². The second-order valence-electron chi connectivity index (χ2n) is 5.96. The summed E-state index contributed by atoms with van der Waals surface area (Å²) in [5.74, 6) is 1.72. The maximum atomic E-state index is 12.7. The molecular weight excluding hydrogens is 322 g/mol. The topological polar surface area (TPSA) is 77.6 Å². The molecule has 0 saturated heterocycles. The van der Waals surface area contributed by atoms with Crippen molar-refractivity contribution in [2.75, 3.05) is 20.3 Å². The number of methoxy groups -OCH3 is 1. The Morgan fingerprint density at radius 3 is 2.80 bits per heavy atom. The fraction of sp³-hybridized carbons (Fsp3) is 0.263. The molecular formula is C19H17NO5. The van der Waals surface area contributed by atoms with Gasteiger partial charge in [-0.2, -0.15) is 0 Å². The molecule has 1 aromatic heterocycles. The van der Waals surface area contributed by atoms with E-state index in [9.17, 15) is 9.59 Å². The molecule has 128 valence electrons. The first kappa shape index (κ1) is 15.5. The van der Waals surface area contributed by atoms with E-state index in [1.165, 1.54) is 6.07 Å². The number of allylic oxidation sites excluding steroid dienone is 1. The largest absolute Gasteiger partial charge is 0.493 e. The molecule has 6 nitrogen and oxygen atoms in total. The predicted molar refractivity (Wildman–Crippen MR) is 91.7 cm³/mol. The van der Waals surface area contributed by atoms with Gasteiger partial charge in [0.05, 0.1) is 7.11 Å². The molecule has 1 aliphatic carbocycles. The summed E-state index contributed by atoms with van der Waals surface area (Å²) in [4.78, 5) is 26.8. The van der Waals surface area contributed by atoms with Crippen LogP contribution in [0.15, 0.2) is 34.6 Å². The number of carbonyl (C=O) groups is 1. The number of hydrogen-bond acceptors (Lipinski definition) is 5. The van der Waals surface area contributed by atoms with Crippen LogP contribution in [-0.2, 0) is 6.42 Å². The quantitative estimate of drug-likeness (QED) is 0.850. The summed E-state index contributed by atoms with van der Waals surface area (Å²) < 4.78 is 16.6. The zero-order valence-electron chi connectivity index (χ0n) is 13.8.